The number of hydrogen-bond donors (Lipinski definition) is 0. The minimum absolute atomic E-state index is 0.609. The summed E-state index contributed by atoms with van der Waals surface area (Å²) >= 11 is 0. The van der Waals surface area contributed by atoms with E-state index in [4.69, 9.17) is 4.74 Å². The van der Waals surface area contributed by atoms with Gasteiger partial charge in [0.25, 0.3) is 0 Å². The molecule has 1 aromatic rings. The summed E-state index contributed by atoms with van der Waals surface area (Å²) in [7, 11) is 0. The van der Waals surface area contributed by atoms with Crippen molar-refractivity contribution in [3.05, 3.63) is 55.3 Å². The fourth-order valence-corrected chi connectivity index (χ4v) is 0.850. The minimum atomic E-state index is 0.609. The van der Waals surface area contributed by atoms with Gasteiger partial charge in [-0.25, -0.2) is 0 Å². The standard InChI is InChI=1S/C8H8.C6H12O/c1-2-8-6-4-3-5-7-8;1-4-7-5-6(2)3/h2-7H,1H2;4,6H,1,5H2,2-3H3. The third-order valence-corrected chi connectivity index (χ3v) is 1.58. The lowest BCUT2D eigenvalue weighted by Gasteiger charge is -2.00. The van der Waals surface area contributed by atoms with Crippen LogP contribution in [0.3, 0.4) is 0 Å². The maximum absolute atomic E-state index is 4.86. The first-order valence-electron chi connectivity index (χ1n) is 5.10. The van der Waals surface area contributed by atoms with Gasteiger partial charge in [0.2, 0.25) is 0 Å². The van der Waals surface area contributed by atoms with Gasteiger partial charge in [0.05, 0.1) is 12.9 Å². The van der Waals surface area contributed by atoms with Crippen molar-refractivity contribution in [2.24, 2.45) is 5.92 Å². The highest BCUT2D eigenvalue weighted by Crippen LogP contribution is 1.97. The van der Waals surface area contributed by atoms with E-state index in [9.17, 15) is 0 Å². The van der Waals surface area contributed by atoms with Crippen molar-refractivity contribution in [2.45, 2.75) is 13.8 Å². The van der Waals surface area contributed by atoms with Gasteiger partial charge < -0.3 is 4.74 Å². The van der Waals surface area contributed by atoms with Gasteiger partial charge >= 0.3 is 0 Å². The Labute approximate surface area is 93.1 Å². The summed E-state index contributed by atoms with van der Waals surface area (Å²) in [5.41, 5.74) is 1.17. The van der Waals surface area contributed by atoms with Gasteiger partial charge in [-0.2, -0.15) is 0 Å². The summed E-state index contributed by atoms with van der Waals surface area (Å²) in [5.74, 6) is 0.609. The molecule has 0 bridgehead atoms. The van der Waals surface area contributed by atoms with Gasteiger partial charge in [-0.1, -0.05) is 63.4 Å². The van der Waals surface area contributed by atoms with Crippen LogP contribution in [0.1, 0.15) is 19.4 Å². The maximum atomic E-state index is 4.86. The summed E-state index contributed by atoms with van der Waals surface area (Å²) in [5, 5.41) is 0. The summed E-state index contributed by atoms with van der Waals surface area (Å²) in [4.78, 5) is 0. The fourth-order valence-electron chi connectivity index (χ4n) is 0.850. The zero-order valence-electron chi connectivity index (χ0n) is 9.65. The normalized spacial score (nSPS) is 8.73. The van der Waals surface area contributed by atoms with Crippen LogP contribution in [0.25, 0.3) is 6.08 Å². The topological polar surface area (TPSA) is 9.23 Å². The van der Waals surface area contributed by atoms with Crippen molar-refractivity contribution in [1.29, 1.82) is 0 Å². The lowest BCUT2D eigenvalue weighted by molar-refractivity contribution is 0.212. The van der Waals surface area contributed by atoms with Crippen LogP contribution >= 0.6 is 0 Å². The Hall–Kier alpha value is -1.50. The Bertz CT molecular complexity index is 262. The molecule has 0 amide bonds. The Morgan fingerprint density at radius 2 is 1.80 bits per heavy atom. The molecule has 82 valence electrons. The molecule has 0 heterocycles. The van der Waals surface area contributed by atoms with Crippen molar-refractivity contribution in [3.8, 4) is 0 Å². The second kappa shape index (κ2) is 9.07. The minimum Gasteiger partial charge on any atom is -0.502 e. The number of ether oxygens (including phenoxy) is 1. The van der Waals surface area contributed by atoms with E-state index in [1.165, 1.54) is 11.8 Å². The van der Waals surface area contributed by atoms with Crippen molar-refractivity contribution >= 4 is 6.08 Å². The van der Waals surface area contributed by atoms with E-state index in [-0.39, 0.29) is 0 Å². The zero-order valence-corrected chi connectivity index (χ0v) is 9.65. The van der Waals surface area contributed by atoms with Gasteiger partial charge in [0, 0.05) is 0 Å². The van der Waals surface area contributed by atoms with E-state index in [2.05, 4.69) is 27.0 Å². The molecule has 1 heteroatoms. The summed E-state index contributed by atoms with van der Waals surface area (Å²) < 4.78 is 4.86. The van der Waals surface area contributed by atoms with Crippen molar-refractivity contribution in [2.75, 3.05) is 6.61 Å². The van der Waals surface area contributed by atoms with Gasteiger partial charge in [-0.3, -0.25) is 0 Å². The summed E-state index contributed by atoms with van der Waals surface area (Å²) in [6.07, 6.45) is 3.31. The molecule has 0 spiro atoms. The maximum Gasteiger partial charge on any atom is 0.0895 e. The predicted molar refractivity (Wildman–Crippen MR) is 67.5 cm³/mol. The molecule has 0 fully saturated rings. The second-order valence-electron chi connectivity index (χ2n) is 3.51. The molecule has 0 aliphatic heterocycles. The van der Waals surface area contributed by atoms with Crippen LogP contribution in [0.2, 0.25) is 0 Å². The van der Waals surface area contributed by atoms with Gasteiger partial charge in [0.1, 0.15) is 0 Å². The predicted octanol–water partition coefficient (Wildman–Crippen LogP) is 4.13. The highest BCUT2D eigenvalue weighted by molar-refractivity contribution is 5.45. The molecule has 0 saturated carbocycles. The molecule has 0 saturated heterocycles. The van der Waals surface area contributed by atoms with Crippen molar-refractivity contribution in [3.63, 3.8) is 0 Å². The fraction of sp³-hybridized carbons (Fsp3) is 0.286. The highest BCUT2D eigenvalue weighted by Gasteiger charge is 1.87. The number of rotatable bonds is 4. The summed E-state index contributed by atoms with van der Waals surface area (Å²) in [6.45, 7) is 12.0. The molecule has 0 aromatic heterocycles. The quantitative estimate of drug-likeness (QED) is 0.670. The first kappa shape index (κ1) is 13.5. The molecule has 1 rings (SSSR count). The Morgan fingerprint density at radius 1 is 1.20 bits per heavy atom. The molecule has 0 atom stereocenters. The van der Waals surface area contributed by atoms with E-state index < -0.39 is 0 Å². The molecule has 1 aromatic carbocycles. The van der Waals surface area contributed by atoms with Crippen LogP contribution in [0, 0.1) is 5.92 Å². The van der Waals surface area contributed by atoms with E-state index in [1.54, 1.807) is 0 Å². The monoisotopic (exact) mass is 204 g/mol. The van der Waals surface area contributed by atoms with Crippen LogP contribution in [0.4, 0.5) is 0 Å². The second-order valence-corrected chi connectivity index (χ2v) is 3.51. The molecular weight excluding hydrogens is 184 g/mol. The Balaban J connectivity index is 0.000000265. The largest absolute Gasteiger partial charge is 0.502 e. The van der Waals surface area contributed by atoms with Gasteiger partial charge in [0.15, 0.2) is 0 Å². The molecule has 0 aliphatic rings. The lowest BCUT2D eigenvalue weighted by atomic mass is 10.2. The highest BCUT2D eigenvalue weighted by atomic mass is 16.5. The van der Waals surface area contributed by atoms with E-state index >= 15 is 0 Å². The lowest BCUT2D eigenvalue weighted by Crippen LogP contribution is -1.95. The average molecular weight is 204 g/mol. The summed E-state index contributed by atoms with van der Waals surface area (Å²) in [6, 6.07) is 10.0. The molecule has 0 unspecified atom stereocenters. The Morgan fingerprint density at radius 3 is 2.07 bits per heavy atom. The van der Waals surface area contributed by atoms with Crippen LogP contribution in [-0.4, -0.2) is 6.61 Å². The van der Waals surface area contributed by atoms with Crippen LogP contribution in [0.15, 0.2) is 49.8 Å². The zero-order chi connectivity index (χ0) is 11.5. The molecular formula is C14H20O. The van der Waals surface area contributed by atoms with Crippen LogP contribution in [-0.2, 0) is 4.74 Å². The first-order valence-corrected chi connectivity index (χ1v) is 5.10. The number of hydrogen-bond acceptors (Lipinski definition) is 1. The molecule has 0 N–H and O–H groups in total. The van der Waals surface area contributed by atoms with Crippen molar-refractivity contribution < 1.29 is 4.74 Å². The molecule has 15 heavy (non-hydrogen) atoms. The van der Waals surface area contributed by atoms with E-state index in [0.717, 1.165) is 6.61 Å². The van der Waals surface area contributed by atoms with Crippen molar-refractivity contribution in [1.82, 2.24) is 0 Å². The van der Waals surface area contributed by atoms with E-state index in [0.29, 0.717) is 5.92 Å². The molecule has 0 radical (unpaired) electrons. The third kappa shape index (κ3) is 8.82. The van der Waals surface area contributed by atoms with E-state index in [1.807, 2.05) is 36.4 Å². The SMILES string of the molecule is C=COCC(C)C.C=Cc1ccccc1. The average Bonchev–Trinajstić information content (AvgIpc) is 2.28. The Kier molecular flexibility index (Phi) is 8.16. The molecule has 0 aliphatic carbocycles. The third-order valence-electron chi connectivity index (χ3n) is 1.58. The smallest absolute Gasteiger partial charge is 0.0895 e. The van der Waals surface area contributed by atoms with Crippen LogP contribution < -0.4 is 0 Å². The van der Waals surface area contributed by atoms with Gasteiger partial charge in [-0.15, -0.1) is 0 Å². The first-order chi connectivity index (χ1) is 7.20. The number of benzene rings is 1. The van der Waals surface area contributed by atoms with Gasteiger partial charge in [-0.05, 0) is 11.5 Å². The molecule has 1 nitrogen and oxygen atoms in total. The van der Waals surface area contributed by atoms with Crippen LogP contribution in [0.5, 0.6) is 0 Å².